The predicted octanol–water partition coefficient (Wildman–Crippen LogP) is 2.83. The van der Waals surface area contributed by atoms with Crippen LogP contribution in [-0.4, -0.2) is 17.9 Å². The molecule has 0 aliphatic carbocycles. The van der Waals surface area contributed by atoms with Gasteiger partial charge in [-0.2, -0.15) is 0 Å². The lowest BCUT2D eigenvalue weighted by atomic mass is 10.0. The number of carboxylic acids is 1. The Morgan fingerprint density at radius 3 is 2.50 bits per heavy atom. The van der Waals surface area contributed by atoms with Crippen molar-refractivity contribution in [1.82, 2.24) is 5.32 Å². The highest BCUT2D eigenvalue weighted by atomic mass is 35.5. The molecule has 4 aromatic rings. The molecule has 0 unspecified atom stereocenters. The summed E-state index contributed by atoms with van der Waals surface area (Å²) in [4.78, 5) is 36.7. The van der Waals surface area contributed by atoms with Gasteiger partial charge in [0.25, 0.3) is 0 Å². The van der Waals surface area contributed by atoms with Gasteiger partial charge in [-0.05, 0) is 55.2 Å². The van der Waals surface area contributed by atoms with Gasteiger partial charge < -0.3 is 24.1 Å². The number of hydrogen-bond donors (Lipinski definition) is 1. The number of aryl methyl sites for hydroxylation is 2. The summed E-state index contributed by atoms with van der Waals surface area (Å²) in [6.45, 7) is 3.63. The van der Waals surface area contributed by atoms with E-state index in [1.54, 1.807) is 43.5 Å². The molecule has 2 aromatic heterocycles. The van der Waals surface area contributed by atoms with Gasteiger partial charge in [0.05, 0.1) is 30.3 Å². The molecule has 0 aliphatic heterocycles. The van der Waals surface area contributed by atoms with Gasteiger partial charge in [0.2, 0.25) is 5.91 Å². The van der Waals surface area contributed by atoms with Crippen LogP contribution >= 0.6 is 11.6 Å². The lowest BCUT2D eigenvalue weighted by Crippen LogP contribution is -2.49. The maximum atomic E-state index is 12.6. The van der Waals surface area contributed by atoms with Gasteiger partial charge >= 0.3 is 5.63 Å². The second-order valence-corrected chi connectivity index (χ2v) is 8.14. The Kier molecular flexibility index (Phi) is 5.76. The molecule has 0 spiro atoms. The zero-order valence-electron chi connectivity index (χ0n) is 17.4. The zero-order valence-corrected chi connectivity index (χ0v) is 18.1. The fourth-order valence-corrected chi connectivity index (χ4v) is 3.82. The molecular formula is C24H19ClNO6-. The molecule has 8 heteroatoms. The van der Waals surface area contributed by atoms with Crippen LogP contribution in [0.25, 0.3) is 21.9 Å². The number of furan rings is 1. The standard InChI is InChI=1S/C24H20ClNO6/c1-12-11-31-20-10-21-17(8-16(12)20)13(2)18(24(30)32-21)9-22(27)26-19(23(28)29)7-14-3-5-15(25)6-4-14/h3-6,8,10-11,19H,7,9H2,1-2H3,(H,26,27)(H,28,29)/p-1/t19-/m1/s1. The molecule has 32 heavy (non-hydrogen) atoms. The van der Waals surface area contributed by atoms with Crippen molar-refractivity contribution in [3.63, 3.8) is 0 Å². The first-order valence-electron chi connectivity index (χ1n) is 9.91. The number of carbonyl (C=O) groups is 2. The summed E-state index contributed by atoms with van der Waals surface area (Å²) in [5, 5.41) is 16.1. The third-order valence-electron chi connectivity index (χ3n) is 5.49. The Balaban J connectivity index is 1.59. The summed E-state index contributed by atoms with van der Waals surface area (Å²) in [6, 6.07) is 8.85. The van der Waals surface area contributed by atoms with Gasteiger partial charge in [-0.3, -0.25) is 4.79 Å². The highest BCUT2D eigenvalue weighted by Crippen LogP contribution is 2.28. The summed E-state index contributed by atoms with van der Waals surface area (Å²) >= 11 is 5.85. The Bertz CT molecular complexity index is 1400. The summed E-state index contributed by atoms with van der Waals surface area (Å²) in [5.74, 6) is -2.04. The highest BCUT2D eigenvalue weighted by Gasteiger charge is 2.19. The fraction of sp³-hybridized carbons (Fsp3) is 0.208. The molecule has 1 N–H and O–H groups in total. The first kappa shape index (κ1) is 21.6. The lowest BCUT2D eigenvalue weighted by Gasteiger charge is -2.20. The van der Waals surface area contributed by atoms with Crippen molar-refractivity contribution in [3.8, 4) is 0 Å². The number of hydrogen-bond acceptors (Lipinski definition) is 6. The van der Waals surface area contributed by atoms with E-state index in [9.17, 15) is 19.5 Å². The minimum absolute atomic E-state index is 0.0221. The van der Waals surface area contributed by atoms with Crippen LogP contribution in [0.3, 0.4) is 0 Å². The molecule has 0 aliphatic rings. The molecule has 0 saturated heterocycles. The van der Waals surface area contributed by atoms with Crippen LogP contribution in [0.1, 0.15) is 22.3 Å². The number of nitrogens with one attached hydrogen (secondary N) is 1. The van der Waals surface area contributed by atoms with E-state index in [0.29, 0.717) is 32.7 Å². The van der Waals surface area contributed by atoms with Crippen LogP contribution in [-0.2, 0) is 22.4 Å². The molecule has 7 nitrogen and oxygen atoms in total. The molecule has 0 fully saturated rings. The van der Waals surface area contributed by atoms with Crippen molar-refractivity contribution in [3.05, 3.63) is 80.4 Å². The topological polar surface area (TPSA) is 113 Å². The number of amides is 1. The number of rotatable bonds is 6. The van der Waals surface area contributed by atoms with Gasteiger partial charge in [0, 0.05) is 21.9 Å². The molecule has 0 saturated carbocycles. The first-order chi connectivity index (χ1) is 15.2. The van der Waals surface area contributed by atoms with Crippen LogP contribution in [0.5, 0.6) is 0 Å². The quantitative estimate of drug-likeness (QED) is 0.450. The fourth-order valence-electron chi connectivity index (χ4n) is 3.70. The third kappa shape index (κ3) is 4.24. The second-order valence-electron chi connectivity index (χ2n) is 7.70. The smallest absolute Gasteiger partial charge is 0.340 e. The second kappa shape index (κ2) is 8.51. The average Bonchev–Trinajstić information content (AvgIpc) is 3.10. The van der Waals surface area contributed by atoms with Crippen molar-refractivity contribution in [2.75, 3.05) is 0 Å². The first-order valence-corrected chi connectivity index (χ1v) is 10.3. The van der Waals surface area contributed by atoms with Crippen LogP contribution in [0.15, 0.2) is 56.3 Å². The molecule has 0 bridgehead atoms. The normalized spacial score (nSPS) is 12.2. The predicted molar refractivity (Wildman–Crippen MR) is 118 cm³/mol. The van der Waals surface area contributed by atoms with Crippen molar-refractivity contribution in [2.45, 2.75) is 32.7 Å². The van der Waals surface area contributed by atoms with E-state index >= 15 is 0 Å². The SMILES string of the molecule is Cc1coc2cc3oc(=O)c(CC(=O)N[C@H](Cc4ccc(Cl)cc4)C(=O)[O-])c(C)c3cc12. The van der Waals surface area contributed by atoms with E-state index in [0.717, 1.165) is 10.9 Å². The van der Waals surface area contributed by atoms with Gasteiger partial charge in [0.15, 0.2) is 0 Å². The Labute approximate surface area is 187 Å². The van der Waals surface area contributed by atoms with Crippen molar-refractivity contribution >= 4 is 45.4 Å². The summed E-state index contributed by atoms with van der Waals surface area (Å²) in [7, 11) is 0. The number of aliphatic carboxylic acids is 1. The van der Waals surface area contributed by atoms with E-state index in [1.165, 1.54) is 0 Å². The number of carboxylic acid groups (broad SMARTS) is 1. The van der Waals surface area contributed by atoms with Gasteiger partial charge in [-0.1, -0.05) is 23.7 Å². The molecule has 2 aromatic carbocycles. The maximum absolute atomic E-state index is 12.6. The summed E-state index contributed by atoms with van der Waals surface area (Å²) in [6.07, 6.45) is 1.32. The summed E-state index contributed by atoms with van der Waals surface area (Å²) in [5.41, 5.74) is 2.66. The minimum atomic E-state index is -1.42. The van der Waals surface area contributed by atoms with Crippen LogP contribution in [0, 0.1) is 13.8 Å². The third-order valence-corrected chi connectivity index (χ3v) is 5.74. The molecule has 4 rings (SSSR count). The van der Waals surface area contributed by atoms with Crippen molar-refractivity contribution < 1.29 is 23.5 Å². The van der Waals surface area contributed by atoms with Crippen molar-refractivity contribution in [2.24, 2.45) is 0 Å². The lowest BCUT2D eigenvalue weighted by molar-refractivity contribution is -0.308. The number of carbonyl (C=O) groups excluding carboxylic acids is 2. The number of benzene rings is 2. The van der Waals surface area contributed by atoms with E-state index in [-0.39, 0.29) is 18.4 Å². The van der Waals surface area contributed by atoms with Gasteiger partial charge in [-0.15, -0.1) is 0 Å². The molecule has 164 valence electrons. The number of halogens is 1. The summed E-state index contributed by atoms with van der Waals surface area (Å²) < 4.78 is 10.9. The van der Waals surface area contributed by atoms with E-state index in [2.05, 4.69) is 5.32 Å². The molecule has 2 heterocycles. The van der Waals surface area contributed by atoms with Crippen LogP contribution in [0.4, 0.5) is 0 Å². The Morgan fingerprint density at radius 1 is 1.09 bits per heavy atom. The van der Waals surface area contributed by atoms with Crippen molar-refractivity contribution in [1.29, 1.82) is 0 Å². The van der Waals surface area contributed by atoms with Gasteiger partial charge in [-0.25, -0.2) is 4.79 Å². The highest BCUT2D eigenvalue weighted by molar-refractivity contribution is 6.30. The molecule has 1 atom stereocenters. The average molecular weight is 453 g/mol. The molecular weight excluding hydrogens is 434 g/mol. The number of fused-ring (bicyclic) bond motifs is 2. The van der Waals surface area contributed by atoms with Crippen LogP contribution in [0.2, 0.25) is 5.02 Å². The molecule has 0 radical (unpaired) electrons. The minimum Gasteiger partial charge on any atom is -0.548 e. The Morgan fingerprint density at radius 2 is 1.81 bits per heavy atom. The zero-order chi connectivity index (χ0) is 23.0. The largest absolute Gasteiger partial charge is 0.548 e. The monoisotopic (exact) mass is 452 g/mol. The molecule has 1 amide bonds. The van der Waals surface area contributed by atoms with E-state index < -0.39 is 23.5 Å². The Hall–Kier alpha value is -3.58. The maximum Gasteiger partial charge on any atom is 0.340 e. The van der Waals surface area contributed by atoms with E-state index in [1.807, 2.05) is 13.0 Å². The van der Waals surface area contributed by atoms with Gasteiger partial charge in [0.1, 0.15) is 11.2 Å². The van der Waals surface area contributed by atoms with Crippen LogP contribution < -0.4 is 16.0 Å². The van der Waals surface area contributed by atoms with E-state index in [4.69, 9.17) is 20.4 Å².